The number of carboxylic acid groups (broad SMARTS) is 1. The Morgan fingerprint density at radius 1 is 1.35 bits per heavy atom. The van der Waals surface area contributed by atoms with Crippen LogP contribution < -0.4 is 5.32 Å². The van der Waals surface area contributed by atoms with Crippen molar-refractivity contribution in [2.75, 3.05) is 13.1 Å². The van der Waals surface area contributed by atoms with Gasteiger partial charge in [-0.25, -0.2) is 9.18 Å². The molecule has 0 radical (unpaired) electrons. The van der Waals surface area contributed by atoms with Crippen molar-refractivity contribution >= 4 is 12.0 Å². The molecule has 0 aromatic heterocycles. The number of hydrogen-bond donors (Lipinski definition) is 2. The van der Waals surface area contributed by atoms with Crippen molar-refractivity contribution in [3.05, 3.63) is 35.6 Å². The van der Waals surface area contributed by atoms with Gasteiger partial charge in [-0.05, 0) is 17.7 Å². The van der Waals surface area contributed by atoms with E-state index in [0.29, 0.717) is 0 Å². The minimum atomic E-state index is -0.993. The van der Waals surface area contributed by atoms with Gasteiger partial charge < -0.3 is 15.3 Å². The quantitative estimate of drug-likeness (QED) is 0.774. The van der Waals surface area contributed by atoms with Crippen molar-refractivity contribution in [2.45, 2.75) is 13.0 Å². The lowest BCUT2D eigenvalue weighted by atomic mass is 10.2. The van der Waals surface area contributed by atoms with E-state index < -0.39 is 12.0 Å². The van der Waals surface area contributed by atoms with E-state index >= 15 is 0 Å². The molecule has 0 aliphatic rings. The third-order valence-corrected chi connectivity index (χ3v) is 2.47. The molecule has 0 fully saturated rings. The summed E-state index contributed by atoms with van der Waals surface area (Å²) in [6.07, 6.45) is 5.04. The molecule has 2 N–H and O–H groups in total. The summed E-state index contributed by atoms with van der Waals surface area (Å²) < 4.78 is 12.8. The van der Waals surface area contributed by atoms with Crippen molar-refractivity contribution < 1.29 is 19.1 Å². The lowest BCUT2D eigenvalue weighted by Gasteiger charge is -2.20. The van der Waals surface area contributed by atoms with Crippen molar-refractivity contribution in [3.8, 4) is 12.3 Å². The molecule has 0 atom stereocenters. The first-order valence-corrected chi connectivity index (χ1v) is 5.95. The van der Waals surface area contributed by atoms with Gasteiger partial charge in [0.1, 0.15) is 5.82 Å². The lowest BCUT2D eigenvalue weighted by molar-refractivity contribution is -0.136. The summed E-state index contributed by atoms with van der Waals surface area (Å²) in [5, 5.41) is 11.0. The van der Waals surface area contributed by atoms with Gasteiger partial charge in [-0.1, -0.05) is 18.1 Å². The van der Waals surface area contributed by atoms with Crippen LogP contribution in [-0.4, -0.2) is 35.1 Å². The average molecular weight is 278 g/mol. The lowest BCUT2D eigenvalue weighted by Crippen LogP contribution is -2.40. The molecule has 0 unspecified atom stereocenters. The molecule has 1 aromatic rings. The molecule has 0 aliphatic heterocycles. The van der Waals surface area contributed by atoms with Crippen molar-refractivity contribution in [1.29, 1.82) is 0 Å². The van der Waals surface area contributed by atoms with Crippen molar-refractivity contribution in [1.82, 2.24) is 10.2 Å². The first kappa shape index (κ1) is 15.5. The Balaban J connectivity index is 2.59. The summed E-state index contributed by atoms with van der Waals surface area (Å²) in [5.74, 6) is 1.00. The highest BCUT2D eigenvalue weighted by Gasteiger charge is 2.12. The van der Waals surface area contributed by atoms with Crippen LogP contribution in [0.2, 0.25) is 0 Å². The number of nitrogens with zero attached hydrogens (tertiary/aromatic N) is 1. The molecule has 0 aliphatic carbocycles. The maximum Gasteiger partial charge on any atom is 0.318 e. The van der Waals surface area contributed by atoms with E-state index in [9.17, 15) is 14.0 Å². The van der Waals surface area contributed by atoms with Crippen molar-refractivity contribution in [2.24, 2.45) is 0 Å². The second kappa shape index (κ2) is 7.79. The zero-order valence-electron chi connectivity index (χ0n) is 10.8. The fourth-order valence-electron chi connectivity index (χ4n) is 1.51. The Bertz CT molecular complexity index is 508. The fourth-order valence-corrected chi connectivity index (χ4v) is 1.51. The summed E-state index contributed by atoms with van der Waals surface area (Å²) in [4.78, 5) is 23.5. The third kappa shape index (κ3) is 5.40. The summed E-state index contributed by atoms with van der Waals surface area (Å²) in [5.41, 5.74) is 0.732. The van der Waals surface area contributed by atoms with E-state index in [1.165, 1.54) is 17.0 Å². The number of carboxylic acids is 1. The highest BCUT2D eigenvalue weighted by Crippen LogP contribution is 2.06. The van der Waals surface area contributed by atoms with Gasteiger partial charge in [0.2, 0.25) is 0 Å². The van der Waals surface area contributed by atoms with Gasteiger partial charge in [-0.15, -0.1) is 6.42 Å². The minimum Gasteiger partial charge on any atom is -0.481 e. The number of aliphatic carboxylic acids is 1. The van der Waals surface area contributed by atoms with E-state index in [2.05, 4.69) is 11.2 Å². The number of carbonyl (C=O) groups excluding carboxylic acids is 1. The van der Waals surface area contributed by atoms with E-state index in [0.717, 1.165) is 5.56 Å². The maximum absolute atomic E-state index is 12.8. The molecule has 0 saturated carbocycles. The normalized spacial score (nSPS) is 9.60. The summed E-state index contributed by atoms with van der Waals surface area (Å²) in [6, 6.07) is 5.26. The molecule has 106 valence electrons. The monoisotopic (exact) mass is 278 g/mol. The fraction of sp³-hybridized carbons (Fsp3) is 0.286. The van der Waals surface area contributed by atoms with E-state index in [4.69, 9.17) is 11.5 Å². The second-order valence-corrected chi connectivity index (χ2v) is 4.06. The number of nitrogens with one attached hydrogen (secondary N) is 1. The Kier molecular flexibility index (Phi) is 6.04. The van der Waals surface area contributed by atoms with Crippen LogP contribution in [0.1, 0.15) is 12.0 Å². The van der Waals surface area contributed by atoms with Gasteiger partial charge in [0, 0.05) is 13.1 Å². The average Bonchev–Trinajstić information content (AvgIpc) is 2.40. The van der Waals surface area contributed by atoms with Crippen LogP contribution in [0.5, 0.6) is 0 Å². The van der Waals surface area contributed by atoms with E-state index in [1.807, 2.05) is 0 Å². The third-order valence-electron chi connectivity index (χ3n) is 2.47. The van der Waals surface area contributed by atoms with Gasteiger partial charge in [0.05, 0.1) is 13.0 Å². The Morgan fingerprint density at radius 2 is 2.00 bits per heavy atom. The molecule has 0 heterocycles. The minimum absolute atomic E-state index is 0.0264. The molecule has 1 aromatic carbocycles. The van der Waals surface area contributed by atoms with Gasteiger partial charge in [0.25, 0.3) is 0 Å². The van der Waals surface area contributed by atoms with Crippen molar-refractivity contribution in [3.63, 3.8) is 0 Å². The van der Waals surface area contributed by atoms with Crippen LogP contribution in [0.25, 0.3) is 0 Å². The second-order valence-electron chi connectivity index (χ2n) is 4.06. The molecule has 0 spiro atoms. The number of hydrogen-bond acceptors (Lipinski definition) is 2. The van der Waals surface area contributed by atoms with Crippen LogP contribution in [0.4, 0.5) is 9.18 Å². The van der Waals surface area contributed by atoms with Crippen LogP contribution in [0.3, 0.4) is 0 Å². The van der Waals surface area contributed by atoms with Crippen LogP contribution in [-0.2, 0) is 11.3 Å². The number of benzene rings is 1. The number of halogens is 1. The Hall–Kier alpha value is -2.55. The first-order valence-electron chi connectivity index (χ1n) is 5.95. The smallest absolute Gasteiger partial charge is 0.318 e. The topological polar surface area (TPSA) is 69.6 Å². The van der Waals surface area contributed by atoms with Gasteiger partial charge in [0.15, 0.2) is 0 Å². The first-order chi connectivity index (χ1) is 9.52. The number of rotatable bonds is 6. The number of amides is 2. The Morgan fingerprint density at radius 3 is 2.55 bits per heavy atom. The summed E-state index contributed by atoms with van der Waals surface area (Å²) in [7, 11) is 0. The zero-order chi connectivity index (χ0) is 15.0. The standard InChI is InChI=1S/C14H15FN2O3/c1-2-9-17(14(20)16-8-7-13(18)19)10-11-3-5-12(15)6-4-11/h1,3-6H,7-10H2,(H,16,20)(H,18,19). The predicted octanol–water partition coefficient (Wildman–Crippen LogP) is 1.45. The summed E-state index contributed by atoms with van der Waals surface area (Å²) >= 11 is 0. The molecular formula is C14H15FN2O3. The molecular weight excluding hydrogens is 263 g/mol. The highest BCUT2D eigenvalue weighted by atomic mass is 19.1. The molecule has 1 rings (SSSR count). The zero-order valence-corrected chi connectivity index (χ0v) is 10.8. The van der Waals surface area contributed by atoms with Gasteiger partial charge in [-0.2, -0.15) is 0 Å². The van der Waals surface area contributed by atoms with Gasteiger partial charge >= 0.3 is 12.0 Å². The molecule has 5 nitrogen and oxygen atoms in total. The molecule has 6 heteroatoms. The maximum atomic E-state index is 12.8. The van der Waals surface area contributed by atoms with Crippen LogP contribution >= 0.6 is 0 Å². The molecule has 0 bridgehead atoms. The molecule has 20 heavy (non-hydrogen) atoms. The van der Waals surface area contributed by atoms with E-state index in [-0.39, 0.29) is 31.9 Å². The number of carbonyl (C=O) groups is 2. The van der Waals surface area contributed by atoms with E-state index in [1.54, 1.807) is 12.1 Å². The largest absolute Gasteiger partial charge is 0.481 e. The van der Waals surface area contributed by atoms with Gasteiger partial charge in [-0.3, -0.25) is 4.79 Å². The number of terminal acetylenes is 1. The van der Waals surface area contributed by atoms with Crippen LogP contribution in [0, 0.1) is 18.2 Å². The predicted molar refractivity (Wildman–Crippen MR) is 71.3 cm³/mol. The SMILES string of the molecule is C#CCN(Cc1ccc(F)cc1)C(=O)NCCC(=O)O. The highest BCUT2D eigenvalue weighted by molar-refractivity contribution is 5.75. The molecule has 0 saturated heterocycles. The Labute approximate surface area is 116 Å². The van der Waals surface area contributed by atoms with Crippen LogP contribution in [0.15, 0.2) is 24.3 Å². The summed E-state index contributed by atoms with van der Waals surface area (Å²) in [6.45, 7) is 0.332. The number of urea groups is 1. The molecule has 2 amide bonds.